The molecular formula is C21H23NO5. The highest BCUT2D eigenvalue weighted by molar-refractivity contribution is 5.94. The highest BCUT2D eigenvalue weighted by Gasteiger charge is 2.16. The maximum absolute atomic E-state index is 12.3. The van der Waals surface area contributed by atoms with Crippen LogP contribution in [0.1, 0.15) is 28.8 Å². The van der Waals surface area contributed by atoms with Crippen LogP contribution in [0.2, 0.25) is 0 Å². The van der Waals surface area contributed by atoms with Gasteiger partial charge >= 0.3 is 0 Å². The molecule has 1 saturated heterocycles. The van der Waals surface area contributed by atoms with Crippen LogP contribution in [0.4, 0.5) is 0 Å². The van der Waals surface area contributed by atoms with Crippen molar-refractivity contribution in [1.29, 1.82) is 0 Å². The molecule has 1 unspecified atom stereocenters. The molecule has 4 rings (SSSR count). The van der Waals surface area contributed by atoms with Crippen molar-refractivity contribution in [2.75, 3.05) is 26.6 Å². The van der Waals surface area contributed by atoms with E-state index >= 15 is 0 Å². The lowest BCUT2D eigenvalue weighted by atomic mass is 10.1. The number of carbonyl (C=O) groups is 1. The Balaban J connectivity index is 1.23. The van der Waals surface area contributed by atoms with Gasteiger partial charge in [0.2, 0.25) is 6.79 Å². The summed E-state index contributed by atoms with van der Waals surface area (Å²) >= 11 is 0. The monoisotopic (exact) mass is 369 g/mol. The second-order valence-corrected chi connectivity index (χ2v) is 6.66. The Morgan fingerprint density at radius 1 is 1.11 bits per heavy atom. The summed E-state index contributed by atoms with van der Waals surface area (Å²) in [7, 11) is 0. The van der Waals surface area contributed by atoms with Crippen molar-refractivity contribution in [2.45, 2.75) is 25.4 Å². The average molecular weight is 369 g/mol. The molecule has 1 fully saturated rings. The van der Waals surface area contributed by atoms with E-state index in [1.54, 1.807) is 12.1 Å². The largest absolute Gasteiger partial charge is 0.491 e. The van der Waals surface area contributed by atoms with Crippen molar-refractivity contribution in [2.24, 2.45) is 0 Å². The third-order valence-corrected chi connectivity index (χ3v) is 4.71. The van der Waals surface area contributed by atoms with Crippen LogP contribution in [0, 0.1) is 0 Å². The summed E-state index contributed by atoms with van der Waals surface area (Å²) in [6.07, 6.45) is 3.05. The number of carbonyl (C=O) groups excluding carboxylic acids is 1. The standard InChI is InChI=1S/C21H23NO5/c23-21(22-10-9-15-3-8-19-20(12-15)27-14-26-19)16-4-6-17(7-5-16)25-13-18-2-1-11-24-18/h3-8,12,18H,1-2,9-11,13-14H2,(H,22,23). The molecule has 0 aromatic heterocycles. The Labute approximate surface area is 158 Å². The number of benzene rings is 2. The molecule has 0 saturated carbocycles. The van der Waals surface area contributed by atoms with Crippen molar-refractivity contribution < 1.29 is 23.7 Å². The summed E-state index contributed by atoms with van der Waals surface area (Å²) in [4.78, 5) is 12.3. The summed E-state index contributed by atoms with van der Waals surface area (Å²) in [5.74, 6) is 2.19. The van der Waals surface area contributed by atoms with Crippen molar-refractivity contribution in [3.05, 3.63) is 53.6 Å². The molecule has 0 bridgehead atoms. The Kier molecular flexibility index (Phi) is 5.44. The van der Waals surface area contributed by atoms with Crippen LogP contribution >= 0.6 is 0 Å². The van der Waals surface area contributed by atoms with E-state index in [1.165, 1.54) is 0 Å². The van der Waals surface area contributed by atoms with E-state index in [1.807, 2.05) is 30.3 Å². The zero-order valence-electron chi connectivity index (χ0n) is 15.1. The van der Waals surface area contributed by atoms with Crippen LogP contribution in [0.5, 0.6) is 17.2 Å². The normalized spacial score (nSPS) is 17.7. The van der Waals surface area contributed by atoms with Crippen LogP contribution < -0.4 is 19.5 Å². The number of rotatable bonds is 7. The van der Waals surface area contributed by atoms with Gasteiger partial charge in [0.05, 0.1) is 6.10 Å². The van der Waals surface area contributed by atoms with Gasteiger partial charge in [-0.15, -0.1) is 0 Å². The molecule has 6 nitrogen and oxygen atoms in total. The minimum atomic E-state index is -0.0959. The predicted octanol–water partition coefficient (Wildman–Crippen LogP) is 2.95. The Morgan fingerprint density at radius 2 is 1.96 bits per heavy atom. The SMILES string of the molecule is O=C(NCCc1ccc2c(c1)OCO2)c1ccc(OCC2CCCO2)cc1. The van der Waals surface area contributed by atoms with Gasteiger partial charge in [0.25, 0.3) is 5.91 Å². The van der Waals surface area contributed by atoms with E-state index in [2.05, 4.69) is 5.32 Å². The topological polar surface area (TPSA) is 66.0 Å². The highest BCUT2D eigenvalue weighted by atomic mass is 16.7. The first kappa shape index (κ1) is 17.7. The molecule has 0 radical (unpaired) electrons. The molecular weight excluding hydrogens is 346 g/mol. The van der Waals surface area contributed by atoms with Crippen molar-refractivity contribution in [3.8, 4) is 17.2 Å². The summed E-state index contributed by atoms with van der Waals surface area (Å²) in [6, 6.07) is 13.0. The minimum Gasteiger partial charge on any atom is -0.491 e. The average Bonchev–Trinajstić information content (AvgIpc) is 3.38. The number of amides is 1. The number of hydrogen-bond acceptors (Lipinski definition) is 5. The quantitative estimate of drug-likeness (QED) is 0.813. The van der Waals surface area contributed by atoms with Gasteiger partial charge in [-0.25, -0.2) is 0 Å². The lowest BCUT2D eigenvalue weighted by Gasteiger charge is -2.12. The van der Waals surface area contributed by atoms with Gasteiger partial charge in [-0.3, -0.25) is 4.79 Å². The highest BCUT2D eigenvalue weighted by Crippen LogP contribution is 2.32. The molecule has 2 aromatic carbocycles. The fourth-order valence-electron chi connectivity index (χ4n) is 3.19. The van der Waals surface area contributed by atoms with Crippen LogP contribution in [0.15, 0.2) is 42.5 Å². The second kappa shape index (κ2) is 8.31. The smallest absolute Gasteiger partial charge is 0.251 e. The maximum atomic E-state index is 12.3. The van der Waals surface area contributed by atoms with Crippen molar-refractivity contribution in [1.82, 2.24) is 5.32 Å². The second-order valence-electron chi connectivity index (χ2n) is 6.66. The third-order valence-electron chi connectivity index (χ3n) is 4.71. The summed E-state index contributed by atoms with van der Waals surface area (Å²) in [5, 5.41) is 2.94. The Hall–Kier alpha value is -2.73. The van der Waals surface area contributed by atoms with Crippen molar-refractivity contribution >= 4 is 5.91 Å². The number of ether oxygens (including phenoxy) is 4. The number of hydrogen-bond donors (Lipinski definition) is 1. The molecule has 2 heterocycles. The van der Waals surface area contributed by atoms with Gasteiger partial charge in [0.15, 0.2) is 11.5 Å². The molecule has 0 aliphatic carbocycles. The molecule has 6 heteroatoms. The van der Waals surface area contributed by atoms with Gasteiger partial charge in [-0.1, -0.05) is 6.07 Å². The first-order valence-corrected chi connectivity index (χ1v) is 9.29. The zero-order chi connectivity index (χ0) is 18.5. The molecule has 2 aliphatic heterocycles. The number of fused-ring (bicyclic) bond motifs is 1. The van der Waals surface area contributed by atoms with Gasteiger partial charge in [0.1, 0.15) is 12.4 Å². The first-order valence-electron chi connectivity index (χ1n) is 9.29. The Morgan fingerprint density at radius 3 is 2.78 bits per heavy atom. The predicted molar refractivity (Wildman–Crippen MR) is 99.5 cm³/mol. The maximum Gasteiger partial charge on any atom is 0.251 e. The molecule has 1 amide bonds. The molecule has 142 valence electrons. The van der Waals surface area contributed by atoms with Gasteiger partial charge in [0, 0.05) is 18.7 Å². The molecule has 1 N–H and O–H groups in total. The van der Waals surface area contributed by atoms with E-state index < -0.39 is 0 Å². The Bertz CT molecular complexity index is 784. The fraction of sp³-hybridized carbons (Fsp3) is 0.381. The molecule has 1 atom stereocenters. The van der Waals surface area contributed by atoms with Crippen LogP contribution in [-0.2, 0) is 11.2 Å². The summed E-state index contributed by atoms with van der Waals surface area (Å²) in [5.41, 5.74) is 1.71. The third kappa shape index (κ3) is 4.52. The lowest BCUT2D eigenvalue weighted by molar-refractivity contribution is 0.0679. The van der Waals surface area contributed by atoms with Crippen molar-refractivity contribution in [3.63, 3.8) is 0 Å². The summed E-state index contributed by atoms with van der Waals surface area (Å²) < 4.78 is 21.9. The van der Waals surface area contributed by atoms with Gasteiger partial charge < -0.3 is 24.3 Å². The van der Waals surface area contributed by atoms with E-state index in [0.717, 1.165) is 48.7 Å². The van der Waals surface area contributed by atoms with E-state index in [9.17, 15) is 4.79 Å². The van der Waals surface area contributed by atoms with Crippen LogP contribution in [-0.4, -0.2) is 38.6 Å². The molecule has 2 aromatic rings. The number of nitrogens with one attached hydrogen (secondary N) is 1. The molecule has 27 heavy (non-hydrogen) atoms. The molecule has 0 spiro atoms. The summed E-state index contributed by atoms with van der Waals surface area (Å²) in [6.45, 7) is 2.19. The zero-order valence-corrected chi connectivity index (χ0v) is 15.1. The fourth-order valence-corrected chi connectivity index (χ4v) is 3.19. The minimum absolute atomic E-state index is 0.0959. The van der Waals surface area contributed by atoms with E-state index in [4.69, 9.17) is 18.9 Å². The van der Waals surface area contributed by atoms with E-state index in [-0.39, 0.29) is 18.8 Å². The van der Waals surface area contributed by atoms with Gasteiger partial charge in [-0.05, 0) is 61.2 Å². The van der Waals surface area contributed by atoms with Gasteiger partial charge in [-0.2, -0.15) is 0 Å². The molecule has 2 aliphatic rings. The van der Waals surface area contributed by atoms with E-state index in [0.29, 0.717) is 18.7 Å². The first-order chi connectivity index (χ1) is 13.3. The van der Waals surface area contributed by atoms with Crippen LogP contribution in [0.25, 0.3) is 0 Å². The van der Waals surface area contributed by atoms with Crippen LogP contribution in [0.3, 0.4) is 0 Å². The lowest BCUT2D eigenvalue weighted by Crippen LogP contribution is -2.25.